The Hall–Kier alpha value is -2.26. The monoisotopic (exact) mass is 424 g/mol. The highest BCUT2D eigenvalue weighted by atomic mass is 35.5. The number of hydrogen-bond acceptors (Lipinski definition) is 4. The number of nitrogens with one attached hydrogen (secondary N) is 1. The summed E-state index contributed by atoms with van der Waals surface area (Å²) in [5.41, 5.74) is 0.952. The Labute approximate surface area is 167 Å². The zero-order valence-electron chi connectivity index (χ0n) is 14.8. The first kappa shape index (κ1) is 20.5. The molecule has 1 fully saturated rings. The van der Waals surface area contributed by atoms with Crippen LogP contribution in [0.25, 0.3) is 6.08 Å². The quantitative estimate of drug-likeness (QED) is 0.748. The molecule has 0 aromatic heterocycles. The lowest BCUT2D eigenvalue weighted by Crippen LogP contribution is -2.40. The van der Waals surface area contributed by atoms with Crippen LogP contribution in [0.4, 0.5) is 10.1 Å². The molecule has 9 heteroatoms. The smallest absolute Gasteiger partial charge is 0.248 e. The Bertz CT molecular complexity index is 987. The van der Waals surface area contributed by atoms with Crippen LogP contribution in [0.5, 0.6) is 0 Å². The molecule has 0 unspecified atom stereocenters. The Morgan fingerprint density at radius 2 is 1.82 bits per heavy atom. The molecule has 1 amide bonds. The van der Waals surface area contributed by atoms with Gasteiger partial charge in [-0.3, -0.25) is 4.79 Å². The third-order valence-electron chi connectivity index (χ3n) is 4.08. The molecule has 1 saturated heterocycles. The SMILES string of the molecule is O=C(C=Cc1ccc(Cl)cc1)Nc1ccc(F)c(S(=O)(=O)N2CCOCC2)c1. The molecule has 148 valence electrons. The average Bonchev–Trinajstić information content (AvgIpc) is 2.69. The molecule has 2 aromatic rings. The molecule has 6 nitrogen and oxygen atoms in total. The highest BCUT2D eigenvalue weighted by Gasteiger charge is 2.29. The number of amides is 1. The van der Waals surface area contributed by atoms with Crippen molar-refractivity contribution < 1.29 is 22.3 Å². The van der Waals surface area contributed by atoms with Crippen molar-refractivity contribution in [2.75, 3.05) is 31.6 Å². The van der Waals surface area contributed by atoms with Gasteiger partial charge in [0.15, 0.2) is 0 Å². The van der Waals surface area contributed by atoms with Gasteiger partial charge in [-0.05, 0) is 42.0 Å². The number of hydrogen-bond donors (Lipinski definition) is 1. The minimum atomic E-state index is -4.01. The molecule has 0 bridgehead atoms. The minimum Gasteiger partial charge on any atom is -0.379 e. The van der Waals surface area contributed by atoms with Crippen molar-refractivity contribution in [3.63, 3.8) is 0 Å². The van der Waals surface area contributed by atoms with Crippen LogP contribution in [-0.2, 0) is 19.6 Å². The van der Waals surface area contributed by atoms with Crippen molar-refractivity contribution in [2.24, 2.45) is 0 Å². The van der Waals surface area contributed by atoms with E-state index in [4.69, 9.17) is 16.3 Å². The highest BCUT2D eigenvalue weighted by molar-refractivity contribution is 7.89. The van der Waals surface area contributed by atoms with Crippen LogP contribution in [-0.4, -0.2) is 44.9 Å². The molecule has 1 aliphatic rings. The van der Waals surface area contributed by atoms with E-state index in [1.54, 1.807) is 30.3 Å². The van der Waals surface area contributed by atoms with Crippen molar-refractivity contribution in [1.82, 2.24) is 4.31 Å². The zero-order chi connectivity index (χ0) is 20.1. The van der Waals surface area contributed by atoms with E-state index in [1.165, 1.54) is 16.4 Å². The number of morpholine rings is 1. The Balaban J connectivity index is 1.75. The summed E-state index contributed by atoms with van der Waals surface area (Å²) in [5, 5.41) is 3.13. The summed E-state index contributed by atoms with van der Waals surface area (Å²) in [6.45, 7) is 0.823. The van der Waals surface area contributed by atoms with Crippen LogP contribution in [0.2, 0.25) is 5.02 Å². The van der Waals surface area contributed by atoms with Gasteiger partial charge in [0.1, 0.15) is 10.7 Å². The summed E-state index contributed by atoms with van der Waals surface area (Å²) in [7, 11) is -4.01. The molecule has 0 aliphatic carbocycles. The van der Waals surface area contributed by atoms with Gasteiger partial charge in [0.2, 0.25) is 15.9 Å². The standard InChI is InChI=1S/C19H18ClFN2O4S/c20-15-4-1-14(2-5-15)3-8-19(24)22-16-6-7-17(21)18(13-16)28(25,26)23-9-11-27-12-10-23/h1-8,13H,9-12H2,(H,22,24). The van der Waals surface area contributed by atoms with Crippen LogP contribution >= 0.6 is 11.6 Å². The topological polar surface area (TPSA) is 75.7 Å². The lowest BCUT2D eigenvalue weighted by molar-refractivity contribution is -0.111. The maximum absolute atomic E-state index is 14.2. The summed E-state index contributed by atoms with van der Waals surface area (Å²) in [6, 6.07) is 10.3. The average molecular weight is 425 g/mol. The van der Waals surface area contributed by atoms with Gasteiger partial charge in [-0.2, -0.15) is 4.31 Å². The molecular weight excluding hydrogens is 407 g/mol. The number of carbonyl (C=O) groups is 1. The number of anilines is 1. The maximum atomic E-state index is 14.2. The summed E-state index contributed by atoms with van der Waals surface area (Å²) in [4.78, 5) is 11.6. The van der Waals surface area contributed by atoms with Gasteiger partial charge < -0.3 is 10.1 Å². The molecule has 2 aromatic carbocycles. The Kier molecular flexibility index (Phi) is 6.46. The third kappa shape index (κ3) is 4.96. The molecule has 1 N–H and O–H groups in total. The van der Waals surface area contributed by atoms with Crippen LogP contribution in [0, 0.1) is 5.82 Å². The van der Waals surface area contributed by atoms with Crippen LogP contribution in [0.15, 0.2) is 53.4 Å². The van der Waals surface area contributed by atoms with E-state index in [0.717, 1.165) is 17.7 Å². The second-order valence-corrected chi connectivity index (χ2v) is 8.38. The van der Waals surface area contributed by atoms with Gasteiger partial charge in [-0.1, -0.05) is 23.7 Å². The largest absolute Gasteiger partial charge is 0.379 e. The normalized spacial score (nSPS) is 15.6. The van der Waals surface area contributed by atoms with E-state index in [2.05, 4.69) is 5.32 Å². The van der Waals surface area contributed by atoms with Crippen molar-refractivity contribution in [2.45, 2.75) is 4.90 Å². The van der Waals surface area contributed by atoms with Gasteiger partial charge in [0, 0.05) is 29.9 Å². The summed E-state index contributed by atoms with van der Waals surface area (Å²) in [6.07, 6.45) is 2.88. The summed E-state index contributed by atoms with van der Waals surface area (Å²) in [5.74, 6) is -1.35. The number of sulfonamides is 1. The first-order valence-corrected chi connectivity index (χ1v) is 10.3. The van der Waals surface area contributed by atoms with E-state index in [0.29, 0.717) is 5.02 Å². The first-order valence-electron chi connectivity index (χ1n) is 8.48. The van der Waals surface area contributed by atoms with Crippen molar-refractivity contribution in [3.05, 3.63) is 64.9 Å². The fourth-order valence-corrected chi connectivity index (χ4v) is 4.26. The highest BCUT2D eigenvalue weighted by Crippen LogP contribution is 2.24. The molecule has 0 saturated carbocycles. The minimum absolute atomic E-state index is 0.155. The van der Waals surface area contributed by atoms with Gasteiger partial charge >= 0.3 is 0 Å². The van der Waals surface area contributed by atoms with E-state index < -0.39 is 26.6 Å². The zero-order valence-corrected chi connectivity index (χ0v) is 16.3. The molecule has 0 atom stereocenters. The van der Waals surface area contributed by atoms with Crippen molar-refractivity contribution in [3.8, 4) is 0 Å². The second-order valence-electron chi connectivity index (χ2n) is 6.04. The van der Waals surface area contributed by atoms with E-state index >= 15 is 0 Å². The van der Waals surface area contributed by atoms with E-state index in [9.17, 15) is 17.6 Å². The van der Waals surface area contributed by atoms with Crippen LogP contribution in [0.1, 0.15) is 5.56 Å². The van der Waals surface area contributed by atoms with Crippen molar-refractivity contribution >= 4 is 39.3 Å². The molecule has 0 radical (unpaired) electrons. The maximum Gasteiger partial charge on any atom is 0.248 e. The van der Waals surface area contributed by atoms with Crippen molar-refractivity contribution in [1.29, 1.82) is 0 Å². The Morgan fingerprint density at radius 3 is 2.50 bits per heavy atom. The molecule has 1 heterocycles. The molecular formula is C19H18ClFN2O4S. The third-order valence-corrected chi connectivity index (χ3v) is 6.25. The summed E-state index contributed by atoms with van der Waals surface area (Å²) < 4.78 is 45.8. The predicted molar refractivity (Wildman–Crippen MR) is 105 cm³/mol. The first-order chi connectivity index (χ1) is 13.4. The van der Waals surface area contributed by atoms with Gasteiger partial charge in [-0.25, -0.2) is 12.8 Å². The fourth-order valence-electron chi connectivity index (χ4n) is 2.63. The van der Waals surface area contributed by atoms with E-state index in [-0.39, 0.29) is 32.0 Å². The predicted octanol–water partition coefficient (Wildman–Crippen LogP) is 3.15. The number of ether oxygens (including phenoxy) is 1. The molecule has 28 heavy (non-hydrogen) atoms. The molecule has 0 spiro atoms. The number of nitrogens with zero attached hydrogens (tertiary/aromatic N) is 1. The van der Waals surface area contributed by atoms with Crippen LogP contribution in [0.3, 0.4) is 0 Å². The number of halogens is 2. The number of rotatable bonds is 5. The molecule has 3 rings (SSSR count). The fraction of sp³-hybridized carbons (Fsp3) is 0.211. The Morgan fingerprint density at radius 1 is 1.14 bits per heavy atom. The molecule has 1 aliphatic heterocycles. The van der Waals surface area contributed by atoms with E-state index in [1.807, 2.05) is 0 Å². The summed E-state index contributed by atoms with van der Waals surface area (Å²) >= 11 is 5.81. The van der Waals surface area contributed by atoms with Crippen LogP contribution < -0.4 is 5.32 Å². The van der Waals surface area contributed by atoms with Gasteiger partial charge in [-0.15, -0.1) is 0 Å². The lowest BCUT2D eigenvalue weighted by atomic mass is 10.2. The van der Waals surface area contributed by atoms with Gasteiger partial charge in [0.05, 0.1) is 13.2 Å². The second kappa shape index (κ2) is 8.83. The van der Waals surface area contributed by atoms with Gasteiger partial charge in [0.25, 0.3) is 0 Å². The lowest BCUT2D eigenvalue weighted by Gasteiger charge is -2.26. The number of carbonyl (C=O) groups excluding carboxylic acids is 1. The number of benzene rings is 2.